The lowest BCUT2D eigenvalue weighted by molar-refractivity contribution is -0.144. The van der Waals surface area contributed by atoms with Crippen LogP contribution in [0, 0.1) is 6.92 Å². The van der Waals surface area contributed by atoms with Crippen molar-refractivity contribution in [3.8, 4) is 17.2 Å². The van der Waals surface area contributed by atoms with E-state index in [0.717, 1.165) is 27.1 Å². The van der Waals surface area contributed by atoms with Gasteiger partial charge in [-0.2, -0.15) is 0 Å². The van der Waals surface area contributed by atoms with E-state index in [1.165, 1.54) is 4.90 Å². The van der Waals surface area contributed by atoms with Crippen molar-refractivity contribution in [2.45, 2.75) is 71.2 Å². The van der Waals surface area contributed by atoms with Gasteiger partial charge in [-0.25, -0.2) is 4.79 Å². The van der Waals surface area contributed by atoms with E-state index in [4.69, 9.17) is 23.4 Å². The van der Waals surface area contributed by atoms with Gasteiger partial charge < -0.3 is 28.3 Å². The second-order valence-corrected chi connectivity index (χ2v) is 17.9. The number of hydrogen-bond acceptors (Lipinski definition) is 7. The van der Waals surface area contributed by atoms with Crippen molar-refractivity contribution in [1.29, 1.82) is 0 Å². The molecule has 0 saturated carbocycles. The summed E-state index contributed by atoms with van der Waals surface area (Å²) >= 11 is 0. The van der Waals surface area contributed by atoms with Gasteiger partial charge in [0.15, 0.2) is 11.5 Å². The maximum atomic E-state index is 14.2. The Morgan fingerprint density at radius 2 is 1.45 bits per heavy atom. The molecule has 2 aliphatic rings. The molecule has 3 aromatic rings. The van der Waals surface area contributed by atoms with Gasteiger partial charge in [-0.15, -0.1) is 0 Å². The Bertz CT molecular complexity index is 1550. The van der Waals surface area contributed by atoms with Crippen molar-refractivity contribution >= 4 is 30.7 Å². The van der Waals surface area contributed by atoms with Crippen LogP contribution in [0.1, 0.15) is 57.4 Å². The third-order valence-electron chi connectivity index (χ3n) is 9.36. The lowest BCUT2D eigenvalue weighted by Crippen LogP contribution is -2.68. The molecule has 10 heteroatoms. The van der Waals surface area contributed by atoms with Crippen molar-refractivity contribution in [2.75, 3.05) is 41.0 Å². The second kappa shape index (κ2) is 13.6. The molecule has 2 amide bonds. The first-order valence-corrected chi connectivity index (χ1v) is 18.1. The number of rotatable bonds is 9. The molecule has 9 nitrogen and oxygen atoms in total. The van der Waals surface area contributed by atoms with Crippen LogP contribution in [0.2, 0.25) is 5.04 Å². The molecular formula is C37H48N2O7Si. The zero-order valence-electron chi connectivity index (χ0n) is 29.1. The predicted octanol–water partition coefficient (Wildman–Crippen LogP) is 5.25. The first-order valence-electron chi connectivity index (χ1n) is 16.2. The van der Waals surface area contributed by atoms with Gasteiger partial charge in [0.05, 0.1) is 46.1 Å². The van der Waals surface area contributed by atoms with Crippen LogP contribution in [0.15, 0.2) is 60.7 Å². The molecule has 0 aromatic heterocycles. The summed E-state index contributed by atoms with van der Waals surface area (Å²) in [6.07, 6.45) is -0.323. The smallest absolute Gasteiger partial charge is 0.410 e. The molecule has 2 atom stereocenters. The molecule has 0 spiro atoms. The van der Waals surface area contributed by atoms with Gasteiger partial charge in [0, 0.05) is 23.2 Å². The van der Waals surface area contributed by atoms with Gasteiger partial charge in [0.25, 0.3) is 8.32 Å². The quantitative estimate of drug-likeness (QED) is 0.290. The summed E-state index contributed by atoms with van der Waals surface area (Å²) in [7, 11) is 1.89. The Kier molecular flexibility index (Phi) is 9.93. The molecule has 5 rings (SSSR count). The first kappa shape index (κ1) is 34.3. The summed E-state index contributed by atoms with van der Waals surface area (Å²) in [5.74, 6) is 1.62. The number of hydrogen-bond donors (Lipinski definition) is 0. The van der Waals surface area contributed by atoms with Crippen LogP contribution in [-0.4, -0.2) is 83.3 Å². The fourth-order valence-electron chi connectivity index (χ4n) is 7.53. The van der Waals surface area contributed by atoms with Crippen LogP contribution in [0.3, 0.4) is 0 Å². The summed E-state index contributed by atoms with van der Waals surface area (Å²) in [6.45, 7) is 12.7. The van der Waals surface area contributed by atoms with E-state index < -0.39 is 20.5 Å². The number of piperazine rings is 1. The minimum Gasteiger partial charge on any atom is -0.496 e. The number of benzene rings is 3. The van der Waals surface area contributed by atoms with Gasteiger partial charge >= 0.3 is 6.09 Å². The number of nitrogens with zero attached hydrogens (tertiary/aromatic N) is 2. The average Bonchev–Trinajstić information content (AvgIpc) is 3.04. The Morgan fingerprint density at radius 1 is 0.894 bits per heavy atom. The molecule has 2 aliphatic heterocycles. The molecule has 252 valence electrons. The fourth-order valence-corrected chi connectivity index (χ4v) is 12.1. The Morgan fingerprint density at radius 3 is 1.94 bits per heavy atom. The number of fused-ring (bicyclic) bond motifs is 2. The normalized spacial score (nSPS) is 18.0. The number of ether oxygens (including phenoxy) is 4. The SMILES string of the molecule is COc1c(C)c(OC)c(OC)c2c1C[C@H]1CN(C(=O)OC(C)C)CC(=O)N1[C@H]2CO[Si](c1ccccc1)(c1ccccc1)C(C)(C)C. The molecule has 3 aromatic carbocycles. The third-order valence-corrected chi connectivity index (χ3v) is 14.4. The zero-order valence-corrected chi connectivity index (χ0v) is 30.1. The number of methoxy groups -OCH3 is 3. The molecule has 0 aliphatic carbocycles. The van der Waals surface area contributed by atoms with Gasteiger partial charge in [0.2, 0.25) is 5.91 Å². The topological polar surface area (TPSA) is 86.8 Å². The molecule has 1 fully saturated rings. The van der Waals surface area contributed by atoms with Gasteiger partial charge in [0.1, 0.15) is 12.3 Å². The zero-order chi connectivity index (χ0) is 34.1. The molecule has 0 unspecified atom stereocenters. The number of carbonyl (C=O) groups excluding carboxylic acids is 2. The standard InChI is InChI=1S/C37H48N2O7Si/c1-24(2)46-36(41)38-21-26-20-29-32(35(44-9)34(43-8)25(3)33(29)42-7)30(39(26)31(40)22-38)23-45-47(37(4,5)6,27-16-12-10-13-17-27)28-18-14-11-15-19-28/h10-19,24,26,30H,20-23H2,1-9H3/t26-,30-/m0/s1. The Balaban J connectivity index is 1.70. The molecule has 0 radical (unpaired) electrons. The van der Waals surface area contributed by atoms with Crippen LogP contribution < -0.4 is 24.6 Å². The highest BCUT2D eigenvalue weighted by Gasteiger charge is 2.53. The van der Waals surface area contributed by atoms with Gasteiger partial charge in [-0.05, 0) is 42.6 Å². The maximum Gasteiger partial charge on any atom is 0.410 e. The summed E-state index contributed by atoms with van der Waals surface area (Å²) in [6, 6.07) is 20.0. The number of amides is 2. The molecule has 0 N–H and O–H groups in total. The van der Waals surface area contributed by atoms with E-state index in [1.54, 1.807) is 35.2 Å². The monoisotopic (exact) mass is 660 g/mol. The molecular weight excluding hydrogens is 613 g/mol. The first-order chi connectivity index (χ1) is 22.4. The van der Waals surface area contributed by atoms with E-state index in [9.17, 15) is 9.59 Å². The molecule has 47 heavy (non-hydrogen) atoms. The summed E-state index contributed by atoms with van der Waals surface area (Å²) in [5.41, 5.74) is 2.54. The highest BCUT2D eigenvalue weighted by atomic mass is 28.4. The van der Waals surface area contributed by atoms with Crippen molar-refractivity contribution in [2.24, 2.45) is 0 Å². The van der Waals surface area contributed by atoms with Gasteiger partial charge in [-0.3, -0.25) is 9.69 Å². The molecule has 1 saturated heterocycles. The Hall–Kier alpha value is -4.02. The van der Waals surface area contributed by atoms with Crippen molar-refractivity contribution in [3.05, 3.63) is 77.4 Å². The van der Waals surface area contributed by atoms with E-state index >= 15 is 0 Å². The van der Waals surface area contributed by atoms with Crippen LogP contribution in [0.25, 0.3) is 0 Å². The predicted molar refractivity (Wildman–Crippen MR) is 185 cm³/mol. The highest BCUT2D eigenvalue weighted by Crippen LogP contribution is 2.51. The summed E-state index contributed by atoms with van der Waals surface area (Å²) in [5, 5.41) is 2.01. The van der Waals surface area contributed by atoms with Crippen molar-refractivity contribution in [3.63, 3.8) is 0 Å². The van der Waals surface area contributed by atoms with E-state index in [-0.39, 0.29) is 36.2 Å². The largest absolute Gasteiger partial charge is 0.496 e. The Labute approximate surface area is 279 Å². The lowest BCUT2D eigenvalue weighted by atomic mass is 9.84. The summed E-state index contributed by atoms with van der Waals surface area (Å²) < 4.78 is 31.0. The van der Waals surface area contributed by atoms with Gasteiger partial charge in [-0.1, -0.05) is 81.4 Å². The van der Waals surface area contributed by atoms with Crippen molar-refractivity contribution in [1.82, 2.24) is 9.80 Å². The minimum absolute atomic E-state index is 0.0878. The van der Waals surface area contributed by atoms with Crippen LogP contribution >= 0.6 is 0 Å². The lowest BCUT2D eigenvalue weighted by Gasteiger charge is -2.50. The third kappa shape index (κ3) is 6.09. The fraction of sp³-hybridized carbons (Fsp3) is 0.459. The maximum absolute atomic E-state index is 14.2. The number of carbonyl (C=O) groups is 2. The van der Waals surface area contributed by atoms with Crippen LogP contribution in [0.5, 0.6) is 17.2 Å². The van der Waals surface area contributed by atoms with E-state index in [0.29, 0.717) is 30.2 Å². The van der Waals surface area contributed by atoms with E-state index in [1.807, 2.05) is 24.0 Å². The van der Waals surface area contributed by atoms with Crippen molar-refractivity contribution < 1.29 is 33.0 Å². The van der Waals surface area contributed by atoms with Crippen LogP contribution in [0.4, 0.5) is 4.79 Å². The van der Waals surface area contributed by atoms with Crippen LogP contribution in [-0.2, 0) is 20.4 Å². The highest BCUT2D eigenvalue weighted by molar-refractivity contribution is 6.99. The second-order valence-electron chi connectivity index (χ2n) is 13.6. The minimum atomic E-state index is -2.99. The average molecular weight is 661 g/mol. The molecule has 2 heterocycles. The summed E-state index contributed by atoms with van der Waals surface area (Å²) in [4.78, 5) is 30.7. The van der Waals surface area contributed by atoms with E-state index in [2.05, 4.69) is 69.3 Å². The molecule has 0 bridgehead atoms.